The average molecular weight is 605 g/mol. The first-order valence-electron chi connectivity index (χ1n) is 14.9. The molecule has 0 aliphatic rings. The van der Waals surface area contributed by atoms with Crippen molar-refractivity contribution < 1.29 is 28.0 Å². The van der Waals surface area contributed by atoms with Crippen LogP contribution in [0.1, 0.15) is 66.8 Å². The highest BCUT2D eigenvalue weighted by molar-refractivity contribution is 7.52. The summed E-state index contributed by atoms with van der Waals surface area (Å²) in [5.74, 6) is 0.290. The Kier molecular flexibility index (Phi) is 10.6. The molecule has 0 radical (unpaired) electrons. The van der Waals surface area contributed by atoms with Gasteiger partial charge in [-0.1, -0.05) is 48.9 Å². The van der Waals surface area contributed by atoms with Crippen LogP contribution in [0.5, 0.6) is 0 Å². The van der Waals surface area contributed by atoms with Crippen LogP contribution in [0.15, 0.2) is 65.1 Å². The standard InChI is InChI=1S/C34H41N2O6P/c1-6-30(37)32-28-21-27(25-12-10-13-26(20-25)34(38)35-18-11-19-43(39,40)41-9-4)29(36(7-2)8-3)22-31(28)42-33(32)24-16-14-23(5)15-17-24/h10,12-17,20-22H,6-9,11,18-19H2,1-5H3,(H,35,38)(H,39,40). The summed E-state index contributed by atoms with van der Waals surface area (Å²) in [5, 5.41) is 3.58. The number of rotatable bonds is 14. The fourth-order valence-corrected chi connectivity index (χ4v) is 6.32. The second-order valence-electron chi connectivity index (χ2n) is 10.5. The predicted octanol–water partition coefficient (Wildman–Crippen LogP) is 7.86. The molecule has 4 rings (SSSR count). The van der Waals surface area contributed by atoms with Crippen molar-refractivity contribution in [3.05, 3.63) is 77.4 Å². The molecule has 0 aliphatic carbocycles. The molecule has 0 spiro atoms. The van der Waals surface area contributed by atoms with Gasteiger partial charge in [0.2, 0.25) is 0 Å². The SMILES string of the molecule is CCOP(=O)(O)CCCNC(=O)c1cccc(-c2cc3c(C(=O)CC)c(-c4ccc(C)cc4)oc3cc2N(CC)CC)c1. The van der Waals surface area contributed by atoms with Gasteiger partial charge in [-0.3, -0.25) is 14.2 Å². The van der Waals surface area contributed by atoms with Gasteiger partial charge < -0.3 is 24.1 Å². The highest BCUT2D eigenvalue weighted by atomic mass is 31.2. The fourth-order valence-electron chi connectivity index (χ4n) is 5.23. The number of nitrogens with zero attached hydrogens (tertiary/aromatic N) is 1. The number of fused-ring (bicyclic) bond motifs is 1. The molecule has 0 saturated carbocycles. The molecule has 43 heavy (non-hydrogen) atoms. The molecule has 1 amide bonds. The molecule has 3 aromatic carbocycles. The molecular weight excluding hydrogens is 563 g/mol. The first-order chi connectivity index (χ1) is 20.6. The molecule has 0 saturated heterocycles. The third-order valence-corrected chi connectivity index (χ3v) is 9.04. The molecule has 0 aliphatic heterocycles. The number of ketones is 1. The monoisotopic (exact) mass is 604 g/mol. The van der Waals surface area contributed by atoms with Crippen LogP contribution in [0.4, 0.5) is 5.69 Å². The van der Waals surface area contributed by atoms with Crippen LogP contribution in [-0.4, -0.2) is 49.0 Å². The van der Waals surface area contributed by atoms with Crippen LogP contribution < -0.4 is 10.2 Å². The zero-order chi connectivity index (χ0) is 31.1. The smallest absolute Gasteiger partial charge is 0.328 e. The van der Waals surface area contributed by atoms with E-state index < -0.39 is 7.60 Å². The van der Waals surface area contributed by atoms with Gasteiger partial charge in [0.15, 0.2) is 5.78 Å². The minimum atomic E-state index is -3.64. The van der Waals surface area contributed by atoms with Crippen LogP contribution >= 0.6 is 7.60 Å². The third-order valence-electron chi connectivity index (χ3n) is 7.49. The molecule has 8 nitrogen and oxygen atoms in total. The molecule has 1 unspecified atom stereocenters. The zero-order valence-corrected chi connectivity index (χ0v) is 26.5. The fraction of sp³-hybridized carbons (Fsp3) is 0.353. The second-order valence-corrected chi connectivity index (χ2v) is 12.4. The lowest BCUT2D eigenvalue weighted by atomic mass is 9.95. The maximum atomic E-state index is 13.3. The van der Waals surface area contributed by atoms with Gasteiger partial charge in [0.05, 0.1) is 18.3 Å². The van der Waals surface area contributed by atoms with Gasteiger partial charge in [-0.05, 0) is 57.9 Å². The molecule has 1 aromatic heterocycles. The number of furan rings is 1. The third kappa shape index (κ3) is 7.45. The van der Waals surface area contributed by atoms with Crippen LogP contribution in [-0.2, 0) is 9.09 Å². The summed E-state index contributed by atoms with van der Waals surface area (Å²) in [5.41, 5.74) is 6.32. The largest absolute Gasteiger partial charge is 0.455 e. The Balaban J connectivity index is 1.76. The molecule has 228 valence electrons. The van der Waals surface area contributed by atoms with Gasteiger partial charge in [0.1, 0.15) is 11.3 Å². The summed E-state index contributed by atoms with van der Waals surface area (Å²) in [6.07, 6.45) is 0.634. The van der Waals surface area contributed by atoms with E-state index in [0.29, 0.717) is 35.3 Å². The first kappa shape index (κ1) is 32.2. The molecular formula is C34H41N2O6P. The molecule has 1 heterocycles. The Bertz CT molecular complexity index is 1640. The highest BCUT2D eigenvalue weighted by Crippen LogP contribution is 2.43. The summed E-state index contributed by atoms with van der Waals surface area (Å²) < 4.78 is 23.2. The van der Waals surface area contributed by atoms with E-state index in [-0.39, 0.29) is 31.0 Å². The van der Waals surface area contributed by atoms with Crippen LogP contribution in [0, 0.1) is 6.92 Å². The van der Waals surface area contributed by atoms with Crippen LogP contribution in [0.25, 0.3) is 33.4 Å². The first-order valence-corrected chi connectivity index (χ1v) is 16.7. The van der Waals surface area contributed by atoms with Crippen molar-refractivity contribution in [1.82, 2.24) is 5.32 Å². The van der Waals surface area contributed by atoms with E-state index in [2.05, 4.69) is 24.1 Å². The lowest BCUT2D eigenvalue weighted by Gasteiger charge is -2.24. The minimum Gasteiger partial charge on any atom is -0.455 e. The Morgan fingerprint density at radius 2 is 1.70 bits per heavy atom. The molecule has 2 N–H and O–H groups in total. The van der Waals surface area contributed by atoms with E-state index in [1.807, 2.05) is 68.4 Å². The number of aryl methyl sites for hydroxylation is 1. The molecule has 4 aromatic rings. The van der Waals surface area contributed by atoms with E-state index >= 15 is 0 Å². The quantitative estimate of drug-likeness (QED) is 0.0857. The number of benzene rings is 3. The molecule has 0 fully saturated rings. The predicted molar refractivity (Wildman–Crippen MR) is 173 cm³/mol. The van der Waals surface area contributed by atoms with Crippen molar-refractivity contribution in [3.63, 3.8) is 0 Å². The Morgan fingerprint density at radius 1 is 0.977 bits per heavy atom. The number of carbonyl (C=O) groups is 2. The van der Waals surface area contributed by atoms with Crippen molar-refractivity contribution in [1.29, 1.82) is 0 Å². The maximum Gasteiger partial charge on any atom is 0.328 e. The Hall–Kier alpha value is -3.71. The zero-order valence-electron chi connectivity index (χ0n) is 25.6. The Labute approximate surface area is 253 Å². The lowest BCUT2D eigenvalue weighted by molar-refractivity contribution is 0.0951. The van der Waals surface area contributed by atoms with Gasteiger partial charge in [0, 0.05) is 59.9 Å². The van der Waals surface area contributed by atoms with Crippen LogP contribution in [0.3, 0.4) is 0 Å². The van der Waals surface area contributed by atoms with Crippen molar-refractivity contribution in [2.24, 2.45) is 0 Å². The van der Waals surface area contributed by atoms with Crippen molar-refractivity contribution in [2.45, 2.75) is 47.5 Å². The summed E-state index contributed by atoms with van der Waals surface area (Å²) in [6, 6.07) is 19.3. The van der Waals surface area contributed by atoms with E-state index in [9.17, 15) is 19.0 Å². The number of hydrogen-bond donors (Lipinski definition) is 2. The van der Waals surface area contributed by atoms with E-state index in [0.717, 1.165) is 46.4 Å². The summed E-state index contributed by atoms with van der Waals surface area (Å²) in [4.78, 5) is 38.4. The number of anilines is 1. The number of hydrogen-bond acceptors (Lipinski definition) is 6. The average Bonchev–Trinajstić information content (AvgIpc) is 3.38. The number of amides is 1. The van der Waals surface area contributed by atoms with Gasteiger partial charge in [-0.25, -0.2) is 0 Å². The second kappa shape index (κ2) is 14.2. The van der Waals surface area contributed by atoms with Gasteiger partial charge in [-0.2, -0.15) is 0 Å². The number of Topliss-reactive ketones (excluding diaryl/α,β-unsaturated/α-hetero) is 1. The normalized spacial score (nSPS) is 12.7. The molecule has 1 atom stereocenters. The minimum absolute atomic E-state index is 0.000700. The highest BCUT2D eigenvalue weighted by Gasteiger charge is 2.24. The number of nitrogens with one attached hydrogen (secondary N) is 1. The molecule has 9 heteroatoms. The topological polar surface area (TPSA) is 109 Å². The lowest BCUT2D eigenvalue weighted by Crippen LogP contribution is -2.25. The summed E-state index contributed by atoms with van der Waals surface area (Å²) in [7, 11) is -3.64. The summed E-state index contributed by atoms with van der Waals surface area (Å²) >= 11 is 0. The Morgan fingerprint density at radius 3 is 2.35 bits per heavy atom. The van der Waals surface area contributed by atoms with E-state index in [1.165, 1.54) is 0 Å². The van der Waals surface area contributed by atoms with Crippen molar-refractivity contribution >= 4 is 35.9 Å². The summed E-state index contributed by atoms with van der Waals surface area (Å²) in [6.45, 7) is 11.6. The molecule has 0 bridgehead atoms. The van der Waals surface area contributed by atoms with Gasteiger partial charge in [-0.15, -0.1) is 0 Å². The van der Waals surface area contributed by atoms with Gasteiger partial charge in [0.25, 0.3) is 5.91 Å². The maximum absolute atomic E-state index is 13.3. The van der Waals surface area contributed by atoms with E-state index in [1.54, 1.807) is 13.0 Å². The van der Waals surface area contributed by atoms with E-state index in [4.69, 9.17) is 8.94 Å². The van der Waals surface area contributed by atoms with Crippen molar-refractivity contribution in [3.8, 4) is 22.5 Å². The van der Waals surface area contributed by atoms with Gasteiger partial charge >= 0.3 is 7.60 Å². The number of carbonyl (C=O) groups excluding carboxylic acids is 2. The van der Waals surface area contributed by atoms with Crippen molar-refractivity contribution in [2.75, 3.05) is 37.3 Å². The van der Waals surface area contributed by atoms with Crippen LogP contribution in [0.2, 0.25) is 0 Å².